The Bertz CT molecular complexity index is 650. The normalized spacial score (nSPS) is 21.7. The van der Waals surface area contributed by atoms with Crippen molar-refractivity contribution in [2.75, 3.05) is 0 Å². The lowest BCUT2D eigenvalue weighted by Gasteiger charge is -2.10. The molecule has 0 heterocycles. The van der Waals surface area contributed by atoms with Crippen LogP contribution in [0.4, 0.5) is 0 Å². The summed E-state index contributed by atoms with van der Waals surface area (Å²) in [7, 11) is 0. The minimum Gasteiger partial charge on any atom is -0.0799 e. The van der Waals surface area contributed by atoms with Crippen molar-refractivity contribution in [1.29, 1.82) is 0 Å². The number of allylic oxidation sites excluding steroid dienone is 3. The summed E-state index contributed by atoms with van der Waals surface area (Å²) in [5, 5.41) is 0. The molecule has 0 bridgehead atoms. The van der Waals surface area contributed by atoms with Crippen molar-refractivity contribution in [2.24, 2.45) is 11.8 Å². The molecule has 3 rings (SSSR count). The first-order valence-corrected chi connectivity index (χ1v) is 8.21. The topological polar surface area (TPSA) is 0 Å². The zero-order chi connectivity index (χ0) is 14.7. The van der Waals surface area contributed by atoms with Gasteiger partial charge in [-0.15, -0.1) is 0 Å². The molecule has 0 unspecified atom stereocenters. The lowest BCUT2D eigenvalue weighted by atomic mass is 9.95. The van der Waals surface area contributed by atoms with Crippen LogP contribution in [0.5, 0.6) is 0 Å². The van der Waals surface area contributed by atoms with E-state index < -0.39 is 0 Å². The Morgan fingerprint density at radius 3 is 2.43 bits per heavy atom. The fraction of sp³-hybridized carbons (Fsp3) is 0.200. The summed E-state index contributed by atoms with van der Waals surface area (Å²) in [5.41, 5.74) is 4.10. The third-order valence-corrected chi connectivity index (χ3v) is 4.67. The van der Waals surface area contributed by atoms with Crippen molar-refractivity contribution >= 4 is 27.6 Å². The third-order valence-electron chi connectivity index (χ3n) is 4.15. The second kappa shape index (κ2) is 6.44. The average molecular weight is 339 g/mol. The highest BCUT2D eigenvalue weighted by atomic mass is 79.9. The van der Waals surface area contributed by atoms with Crippen LogP contribution in [0.15, 0.2) is 71.2 Å². The Hall–Kier alpha value is -1.60. The molecule has 0 radical (unpaired) electrons. The van der Waals surface area contributed by atoms with E-state index in [0.29, 0.717) is 11.8 Å². The summed E-state index contributed by atoms with van der Waals surface area (Å²) >= 11 is 3.50. The zero-order valence-electron chi connectivity index (χ0n) is 12.2. The summed E-state index contributed by atoms with van der Waals surface area (Å²) in [6, 6.07) is 19.2. The molecule has 0 aromatic heterocycles. The van der Waals surface area contributed by atoms with Gasteiger partial charge in [0, 0.05) is 4.47 Å². The number of rotatable bonds is 3. The first-order chi connectivity index (χ1) is 10.2. The standard InChI is InChI=1S/C20H19Br/c1-15-13-19(17-9-11-20(21)12-10-17)14-18(15)8-7-16-5-3-2-4-6-16/h2-13,15,18H,14H2,1H3/b8-7+/t15-,18-/m1/s1. The number of halogens is 1. The Morgan fingerprint density at radius 1 is 1.00 bits per heavy atom. The second-order valence-electron chi connectivity index (χ2n) is 5.70. The van der Waals surface area contributed by atoms with Crippen molar-refractivity contribution in [1.82, 2.24) is 0 Å². The summed E-state index contributed by atoms with van der Waals surface area (Å²) in [6.07, 6.45) is 8.16. The first kappa shape index (κ1) is 14.3. The Balaban J connectivity index is 1.71. The first-order valence-electron chi connectivity index (χ1n) is 7.42. The van der Waals surface area contributed by atoms with Crippen molar-refractivity contribution in [3.8, 4) is 0 Å². The summed E-state index contributed by atoms with van der Waals surface area (Å²) in [4.78, 5) is 0. The van der Waals surface area contributed by atoms with Gasteiger partial charge in [-0.25, -0.2) is 0 Å². The minimum absolute atomic E-state index is 0.601. The molecular weight excluding hydrogens is 320 g/mol. The van der Waals surface area contributed by atoms with E-state index in [0.717, 1.165) is 10.9 Å². The molecule has 0 spiro atoms. The van der Waals surface area contributed by atoms with Crippen LogP contribution in [0.3, 0.4) is 0 Å². The van der Waals surface area contributed by atoms with Crippen LogP contribution < -0.4 is 0 Å². The van der Waals surface area contributed by atoms with Gasteiger partial charge >= 0.3 is 0 Å². The highest BCUT2D eigenvalue weighted by molar-refractivity contribution is 9.10. The van der Waals surface area contributed by atoms with E-state index >= 15 is 0 Å². The molecule has 0 saturated carbocycles. The van der Waals surface area contributed by atoms with Gasteiger partial charge in [0.05, 0.1) is 0 Å². The molecule has 0 N–H and O–H groups in total. The molecular formula is C20H19Br. The van der Waals surface area contributed by atoms with Gasteiger partial charge in [-0.3, -0.25) is 0 Å². The molecule has 106 valence electrons. The van der Waals surface area contributed by atoms with E-state index in [1.807, 2.05) is 0 Å². The van der Waals surface area contributed by atoms with E-state index in [4.69, 9.17) is 0 Å². The fourth-order valence-electron chi connectivity index (χ4n) is 2.87. The zero-order valence-corrected chi connectivity index (χ0v) is 13.8. The Labute approximate surface area is 135 Å². The number of benzene rings is 2. The monoisotopic (exact) mass is 338 g/mol. The molecule has 0 amide bonds. The summed E-state index contributed by atoms with van der Waals surface area (Å²) in [6.45, 7) is 2.31. The second-order valence-corrected chi connectivity index (χ2v) is 6.61. The SMILES string of the molecule is C[C@@H]1C=C(c2ccc(Br)cc2)C[C@H]1/C=C/c1ccccc1. The van der Waals surface area contributed by atoms with Crippen LogP contribution in [0.2, 0.25) is 0 Å². The largest absolute Gasteiger partial charge is 0.0799 e. The quantitative estimate of drug-likeness (QED) is 0.624. The molecule has 0 fully saturated rings. The Morgan fingerprint density at radius 2 is 1.71 bits per heavy atom. The van der Waals surface area contributed by atoms with E-state index in [1.165, 1.54) is 16.7 Å². The summed E-state index contributed by atoms with van der Waals surface area (Å²) in [5.74, 6) is 1.20. The smallest absolute Gasteiger partial charge is 0.0175 e. The molecule has 0 aliphatic heterocycles. The lowest BCUT2D eigenvalue weighted by molar-refractivity contribution is 0.558. The predicted molar refractivity (Wildman–Crippen MR) is 94.9 cm³/mol. The van der Waals surface area contributed by atoms with Crippen LogP contribution in [-0.2, 0) is 0 Å². The average Bonchev–Trinajstić information content (AvgIpc) is 2.88. The van der Waals surface area contributed by atoms with Gasteiger partial charge < -0.3 is 0 Å². The third kappa shape index (κ3) is 3.54. The van der Waals surface area contributed by atoms with Gasteiger partial charge in [-0.05, 0) is 47.1 Å². The molecule has 1 aliphatic rings. The van der Waals surface area contributed by atoms with Gasteiger partial charge in [0.15, 0.2) is 0 Å². The highest BCUT2D eigenvalue weighted by Gasteiger charge is 2.22. The molecule has 2 atom stereocenters. The van der Waals surface area contributed by atoms with E-state index in [1.54, 1.807) is 0 Å². The summed E-state index contributed by atoms with van der Waals surface area (Å²) < 4.78 is 1.14. The van der Waals surface area contributed by atoms with Crippen LogP contribution in [-0.4, -0.2) is 0 Å². The molecule has 1 aliphatic carbocycles. The van der Waals surface area contributed by atoms with E-state index in [9.17, 15) is 0 Å². The van der Waals surface area contributed by atoms with Gasteiger partial charge in [-0.2, -0.15) is 0 Å². The van der Waals surface area contributed by atoms with E-state index in [2.05, 4.69) is 95.7 Å². The van der Waals surface area contributed by atoms with Gasteiger partial charge in [0.25, 0.3) is 0 Å². The van der Waals surface area contributed by atoms with Crippen molar-refractivity contribution in [3.05, 3.63) is 82.3 Å². The van der Waals surface area contributed by atoms with Crippen LogP contribution in [0.1, 0.15) is 24.5 Å². The molecule has 2 aromatic carbocycles. The van der Waals surface area contributed by atoms with Crippen LogP contribution in [0, 0.1) is 11.8 Å². The van der Waals surface area contributed by atoms with Crippen molar-refractivity contribution in [3.63, 3.8) is 0 Å². The van der Waals surface area contributed by atoms with Crippen molar-refractivity contribution in [2.45, 2.75) is 13.3 Å². The number of hydrogen-bond donors (Lipinski definition) is 0. The fourth-order valence-corrected chi connectivity index (χ4v) is 3.13. The number of hydrogen-bond acceptors (Lipinski definition) is 0. The van der Waals surface area contributed by atoms with Gasteiger partial charge in [0.2, 0.25) is 0 Å². The van der Waals surface area contributed by atoms with E-state index in [-0.39, 0.29) is 0 Å². The molecule has 1 heteroatoms. The van der Waals surface area contributed by atoms with Crippen LogP contribution >= 0.6 is 15.9 Å². The maximum Gasteiger partial charge on any atom is 0.0175 e. The predicted octanol–water partition coefficient (Wildman–Crippen LogP) is 6.20. The van der Waals surface area contributed by atoms with Gasteiger partial charge in [0.1, 0.15) is 0 Å². The molecule has 0 saturated heterocycles. The van der Waals surface area contributed by atoms with Gasteiger partial charge in [-0.1, -0.05) is 83.5 Å². The highest BCUT2D eigenvalue weighted by Crippen LogP contribution is 2.37. The Kier molecular flexibility index (Phi) is 4.40. The molecule has 2 aromatic rings. The maximum absolute atomic E-state index is 3.50. The van der Waals surface area contributed by atoms with Crippen molar-refractivity contribution < 1.29 is 0 Å². The molecule has 21 heavy (non-hydrogen) atoms. The van der Waals surface area contributed by atoms with Crippen LogP contribution in [0.25, 0.3) is 11.6 Å². The lowest BCUT2D eigenvalue weighted by Crippen LogP contribution is -1.99. The maximum atomic E-state index is 3.50. The molecule has 0 nitrogen and oxygen atoms in total. The minimum atomic E-state index is 0.601.